The normalized spacial score (nSPS) is 12.7. The molecule has 0 bridgehead atoms. The summed E-state index contributed by atoms with van der Waals surface area (Å²) in [7, 11) is 3.36. The van der Waals surface area contributed by atoms with Crippen molar-refractivity contribution in [2.45, 2.75) is 26.7 Å². The summed E-state index contributed by atoms with van der Waals surface area (Å²) in [5.74, 6) is 2.66. The average Bonchev–Trinajstić information content (AvgIpc) is 3.84. The predicted octanol–water partition coefficient (Wildman–Crippen LogP) is 6.55. The van der Waals surface area contributed by atoms with E-state index in [1.54, 1.807) is 14.2 Å². The first-order chi connectivity index (χ1) is 21.6. The van der Waals surface area contributed by atoms with Crippen molar-refractivity contribution in [3.05, 3.63) is 95.5 Å². The zero-order valence-corrected chi connectivity index (χ0v) is 25.9. The highest BCUT2D eigenvalue weighted by Gasteiger charge is 2.16. The lowest BCUT2D eigenvalue weighted by atomic mass is 10.1. The van der Waals surface area contributed by atoms with Crippen LogP contribution in [-0.4, -0.2) is 50.4 Å². The SMILES string of the molecule is CC[N+](CC)=c1ccc2nc3cc4c(cc3oc-2c1)NCC4.COc1ccc2c(c1)NCC2.COc1ccc2cc[nH]c2c1. The Morgan fingerprint density at radius 3 is 2.27 bits per heavy atom. The van der Waals surface area contributed by atoms with Crippen LogP contribution >= 0.6 is 0 Å². The molecule has 0 amide bonds. The van der Waals surface area contributed by atoms with E-state index in [4.69, 9.17) is 18.9 Å². The van der Waals surface area contributed by atoms with Crippen LogP contribution in [0.4, 0.5) is 11.4 Å². The number of nitrogens with one attached hydrogen (secondary N) is 3. The standard InChI is InChI=1S/C18H19N3O.C9H11NO.C9H9NO/c1-3-21(4-2)13-5-6-14-17(10-13)22-18-11-15-12(7-8-19-15)9-16(18)20-14;2*1-11-8-3-2-7-4-5-10-9(7)6-8/h5-6,9-11H,3-4,7-8H2,1-2H3;2-3,6,10H,4-5H2,1H3;2-6,10H,1H3/p+1. The van der Waals surface area contributed by atoms with Gasteiger partial charge < -0.3 is 29.5 Å². The van der Waals surface area contributed by atoms with Gasteiger partial charge in [0.15, 0.2) is 11.3 Å². The number of anilines is 2. The maximum Gasteiger partial charge on any atom is 0.203 e. The van der Waals surface area contributed by atoms with Gasteiger partial charge in [0.1, 0.15) is 35.8 Å². The van der Waals surface area contributed by atoms with Crippen LogP contribution in [-0.2, 0) is 12.8 Å². The summed E-state index contributed by atoms with van der Waals surface area (Å²) in [5, 5.41) is 9.08. The summed E-state index contributed by atoms with van der Waals surface area (Å²) in [6.07, 6.45) is 4.12. The highest BCUT2D eigenvalue weighted by Crippen LogP contribution is 2.31. The third-order valence-corrected chi connectivity index (χ3v) is 8.22. The molecule has 8 heteroatoms. The van der Waals surface area contributed by atoms with Crippen LogP contribution in [0.15, 0.2) is 83.4 Å². The number of hydrogen-bond acceptors (Lipinski definition) is 6. The minimum atomic E-state index is 0.842. The lowest BCUT2D eigenvalue weighted by Crippen LogP contribution is -2.29. The number of aromatic nitrogens is 2. The molecule has 0 radical (unpaired) electrons. The van der Waals surface area contributed by atoms with Gasteiger partial charge in [-0.05, 0) is 79.6 Å². The molecule has 44 heavy (non-hydrogen) atoms. The Labute approximate surface area is 257 Å². The maximum atomic E-state index is 6.12. The summed E-state index contributed by atoms with van der Waals surface area (Å²) in [6, 6.07) is 24.7. The van der Waals surface area contributed by atoms with E-state index in [0.717, 1.165) is 78.6 Å². The van der Waals surface area contributed by atoms with Crippen LogP contribution in [0.2, 0.25) is 0 Å². The fraction of sp³-hybridized carbons (Fsp3) is 0.278. The zero-order chi connectivity index (χ0) is 30.5. The van der Waals surface area contributed by atoms with Crippen molar-refractivity contribution >= 4 is 33.4 Å². The van der Waals surface area contributed by atoms with Crippen LogP contribution in [0.25, 0.3) is 33.5 Å². The molecule has 4 aliphatic rings. The Morgan fingerprint density at radius 1 is 0.773 bits per heavy atom. The highest BCUT2D eigenvalue weighted by atomic mass is 16.5. The number of ether oxygens (including phenoxy) is 2. The van der Waals surface area contributed by atoms with Crippen LogP contribution in [0.5, 0.6) is 11.5 Å². The molecule has 8 rings (SSSR count). The fourth-order valence-corrected chi connectivity index (χ4v) is 5.75. The number of aromatic amines is 1. The van der Waals surface area contributed by atoms with Gasteiger partial charge >= 0.3 is 0 Å². The zero-order valence-electron chi connectivity index (χ0n) is 25.9. The number of benzene rings is 4. The van der Waals surface area contributed by atoms with E-state index in [0.29, 0.717) is 0 Å². The Kier molecular flexibility index (Phi) is 8.68. The number of H-pyrrole nitrogens is 1. The molecule has 0 unspecified atom stereocenters. The molecule has 0 saturated carbocycles. The second kappa shape index (κ2) is 13.1. The van der Waals surface area contributed by atoms with Gasteiger partial charge in [-0.1, -0.05) is 6.07 Å². The van der Waals surface area contributed by atoms with Crippen LogP contribution in [0, 0.1) is 0 Å². The third-order valence-electron chi connectivity index (χ3n) is 8.22. The molecule has 3 N–H and O–H groups in total. The van der Waals surface area contributed by atoms with E-state index in [-0.39, 0.29) is 0 Å². The predicted molar refractivity (Wildman–Crippen MR) is 179 cm³/mol. The number of nitrogens with zero attached hydrogens (tertiary/aromatic N) is 2. The van der Waals surface area contributed by atoms with Crippen molar-refractivity contribution in [2.75, 3.05) is 51.0 Å². The second-order valence-corrected chi connectivity index (χ2v) is 10.8. The number of rotatable bonds is 4. The molecule has 1 aromatic heterocycles. The molecule has 0 spiro atoms. The molecule has 226 valence electrons. The van der Waals surface area contributed by atoms with Crippen molar-refractivity contribution in [1.82, 2.24) is 14.5 Å². The minimum Gasteiger partial charge on any atom is -0.497 e. The molecular weight excluding hydrogens is 550 g/mol. The average molecular weight is 591 g/mol. The molecule has 3 aliphatic heterocycles. The van der Waals surface area contributed by atoms with Crippen molar-refractivity contribution < 1.29 is 13.9 Å². The summed E-state index contributed by atoms with van der Waals surface area (Å²) < 4.78 is 18.6. The van der Waals surface area contributed by atoms with Gasteiger partial charge in [0.25, 0.3) is 0 Å². The number of methoxy groups -OCH3 is 2. The van der Waals surface area contributed by atoms with Crippen molar-refractivity contribution in [3.63, 3.8) is 0 Å². The molecule has 4 aromatic rings. The van der Waals surface area contributed by atoms with Crippen molar-refractivity contribution in [1.29, 1.82) is 0 Å². The number of fused-ring (bicyclic) bond motifs is 5. The Bertz CT molecular complexity index is 1930. The van der Waals surface area contributed by atoms with E-state index in [1.807, 2.05) is 42.6 Å². The van der Waals surface area contributed by atoms with Gasteiger partial charge in [-0.25, -0.2) is 9.56 Å². The van der Waals surface area contributed by atoms with Gasteiger partial charge in [0.05, 0.1) is 20.3 Å². The van der Waals surface area contributed by atoms with Crippen LogP contribution in [0.1, 0.15) is 25.0 Å². The molecule has 8 nitrogen and oxygen atoms in total. The van der Waals surface area contributed by atoms with Gasteiger partial charge in [0, 0.05) is 60.4 Å². The lowest BCUT2D eigenvalue weighted by molar-refractivity contribution is 0.415. The summed E-state index contributed by atoms with van der Waals surface area (Å²) in [6.45, 7) is 8.36. The van der Waals surface area contributed by atoms with Gasteiger partial charge in [-0.15, -0.1) is 0 Å². The van der Waals surface area contributed by atoms with E-state index >= 15 is 0 Å². The van der Waals surface area contributed by atoms with E-state index < -0.39 is 0 Å². The van der Waals surface area contributed by atoms with Crippen LogP contribution in [0.3, 0.4) is 0 Å². The topological polar surface area (TPSA) is 87.3 Å². The van der Waals surface area contributed by atoms with Crippen molar-refractivity contribution in [2.24, 2.45) is 0 Å². The molecule has 0 saturated heterocycles. The molecule has 0 fully saturated rings. The lowest BCUT2D eigenvalue weighted by Gasteiger charge is -2.08. The van der Waals surface area contributed by atoms with Gasteiger partial charge in [-0.3, -0.25) is 0 Å². The highest BCUT2D eigenvalue weighted by molar-refractivity contribution is 5.83. The maximum absolute atomic E-state index is 6.12. The van der Waals surface area contributed by atoms with Crippen molar-refractivity contribution in [3.8, 4) is 23.0 Å². The fourth-order valence-electron chi connectivity index (χ4n) is 5.75. The monoisotopic (exact) mass is 590 g/mol. The largest absolute Gasteiger partial charge is 0.497 e. The van der Waals surface area contributed by atoms with Gasteiger partial charge in [0.2, 0.25) is 5.36 Å². The first-order valence-corrected chi connectivity index (χ1v) is 15.3. The second-order valence-electron chi connectivity index (χ2n) is 10.8. The Hall–Kier alpha value is -4.98. The minimum absolute atomic E-state index is 0.842. The van der Waals surface area contributed by atoms with E-state index in [1.165, 1.54) is 33.2 Å². The molecule has 4 heterocycles. The summed E-state index contributed by atoms with van der Waals surface area (Å²) >= 11 is 0. The smallest absolute Gasteiger partial charge is 0.203 e. The first-order valence-electron chi connectivity index (χ1n) is 15.3. The van der Waals surface area contributed by atoms with E-state index in [9.17, 15) is 0 Å². The third kappa shape index (κ3) is 6.20. The summed E-state index contributed by atoms with van der Waals surface area (Å²) in [4.78, 5) is 7.88. The van der Waals surface area contributed by atoms with E-state index in [2.05, 4.69) is 70.4 Å². The molecule has 3 aromatic carbocycles. The quantitative estimate of drug-likeness (QED) is 0.159. The Morgan fingerprint density at radius 2 is 1.50 bits per heavy atom. The first kappa shape index (κ1) is 29.1. The van der Waals surface area contributed by atoms with Crippen LogP contribution < -0.4 is 30.0 Å². The molecular formula is C36H40N5O3+. The molecule has 0 atom stereocenters. The van der Waals surface area contributed by atoms with Gasteiger partial charge in [-0.2, -0.15) is 0 Å². The summed E-state index contributed by atoms with van der Waals surface area (Å²) in [5.41, 5.74) is 8.93. The molecule has 1 aliphatic carbocycles. The Balaban J connectivity index is 0.000000130. The number of hydrogen-bond donors (Lipinski definition) is 3.